The van der Waals surface area contributed by atoms with Crippen LogP contribution in [0.2, 0.25) is 0 Å². The molecule has 0 saturated carbocycles. The Morgan fingerprint density at radius 3 is 2.40 bits per heavy atom. The molecular weight excluding hydrogens is 394 g/mol. The van der Waals surface area contributed by atoms with Gasteiger partial charge in [0, 0.05) is 23.5 Å². The number of nitrogens with zero attached hydrogens (tertiary/aromatic N) is 1. The quantitative estimate of drug-likeness (QED) is 0.531. The van der Waals surface area contributed by atoms with Crippen LogP contribution in [-0.4, -0.2) is 48.6 Å². The second kappa shape index (κ2) is 12.4. The number of thioether (sulfide) groups is 1. The zero-order chi connectivity index (χ0) is 21.0. The average molecular weight is 426 g/mol. The second-order valence-electron chi connectivity index (χ2n) is 7.62. The third-order valence-corrected chi connectivity index (χ3v) is 6.16. The molecule has 30 heavy (non-hydrogen) atoms. The second-order valence-corrected chi connectivity index (χ2v) is 8.60. The van der Waals surface area contributed by atoms with Gasteiger partial charge in [-0.2, -0.15) is 0 Å². The van der Waals surface area contributed by atoms with Gasteiger partial charge >= 0.3 is 0 Å². The van der Waals surface area contributed by atoms with Gasteiger partial charge in [-0.05, 0) is 75.1 Å². The van der Waals surface area contributed by atoms with Crippen LogP contribution < -0.4 is 10.6 Å². The molecule has 1 saturated heterocycles. The minimum Gasteiger partial charge on any atom is -0.352 e. The SMILES string of the molecule is O=C(CSCc1ccc(C(=O)NCCCCN2CCCC2)cc1)Nc1ccccc1. The molecule has 0 radical (unpaired) electrons. The number of likely N-dealkylation sites (tertiary alicyclic amines) is 1. The molecule has 1 heterocycles. The number of rotatable bonds is 11. The molecule has 2 aromatic carbocycles. The summed E-state index contributed by atoms with van der Waals surface area (Å²) in [5, 5.41) is 5.89. The highest BCUT2D eigenvalue weighted by molar-refractivity contribution is 7.99. The molecule has 0 unspecified atom stereocenters. The molecule has 3 rings (SSSR count). The van der Waals surface area contributed by atoms with Crippen LogP contribution in [0.15, 0.2) is 54.6 Å². The Morgan fingerprint density at radius 1 is 0.933 bits per heavy atom. The maximum atomic E-state index is 12.3. The summed E-state index contributed by atoms with van der Waals surface area (Å²) in [4.78, 5) is 26.8. The molecule has 2 N–H and O–H groups in total. The molecule has 0 atom stereocenters. The molecule has 160 valence electrons. The van der Waals surface area contributed by atoms with Crippen molar-refractivity contribution < 1.29 is 9.59 Å². The smallest absolute Gasteiger partial charge is 0.251 e. The van der Waals surface area contributed by atoms with E-state index in [-0.39, 0.29) is 11.8 Å². The minimum absolute atomic E-state index is 0.00747. The number of carbonyl (C=O) groups excluding carboxylic acids is 2. The fourth-order valence-corrected chi connectivity index (χ4v) is 4.29. The van der Waals surface area contributed by atoms with Crippen LogP contribution in [0.1, 0.15) is 41.6 Å². The van der Waals surface area contributed by atoms with Crippen molar-refractivity contribution in [1.82, 2.24) is 10.2 Å². The predicted octanol–water partition coefficient (Wildman–Crippen LogP) is 4.16. The van der Waals surface area contributed by atoms with Crippen LogP contribution >= 0.6 is 11.8 Å². The van der Waals surface area contributed by atoms with Crippen LogP contribution in [0.3, 0.4) is 0 Å². The number of amides is 2. The molecule has 2 amide bonds. The fraction of sp³-hybridized carbons (Fsp3) is 0.417. The van der Waals surface area contributed by atoms with Crippen molar-refractivity contribution in [3.05, 3.63) is 65.7 Å². The Morgan fingerprint density at radius 2 is 1.67 bits per heavy atom. The van der Waals surface area contributed by atoms with Gasteiger partial charge in [0.25, 0.3) is 5.91 Å². The first-order valence-electron chi connectivity index (χ1n) is 10.7. The summed E-state index contributed by atoms with van der Waals surface area (Å²) < 4.78 is 0. The zero-order valence-corrected chi connectivity index (χ0v) is 18.3. The highest BCUT2D eigenvalue weighted by atomic mass is 32.2. The van der Waals surface area contributed by atoms with Gasteiger partial charge in [-0.15, -0.1) is 11.8 Å². The Labute approximate surface area is 183 Å². The highest BCUT2D eigenvalue weighted by Gasteiger charge is 2.10. The number of benzene rings is 2. The van der Waals surface area contributed by atoms with Crippen LogP contribution in [0.5, 0.6) is 0 Å². The monoisotopic (exact) mass is 425 g/mol. The Hall–Kier alpha value is -2.31. The van der Waals surface area contributed by atoms with Crippen molar-refractivity contribution in [1.29, 1.82) is 0 Å². The number of nitrogens with one attached hydrogen (secondary N) is 2. The zero-order valence-electron chi connectivity index (χ0n) is 17.4. The number of para-hydroxylation sites is 1. The van der Waals surface area contributed by atoms with Gasteiger partial charge in [-0.25, -0.2) is 0 Å². The first-order valence-corrected chi connectivity index (χ1v) is 11.9. The normalized spacial score (nSPS) is 13.9. The van der Waals surface area contributed by atoms with E-state index in [2.05, 4.69) is 15.5 Å². The molecule has 1 aliphatic rings. The summed E-state index contributed by atoms with van der Waals surface area (Å²) >= 11 is 1.56. The van der Waals surface area contributed by atoms with Gasteiger partial charge in [0.05, 0.1) is 5.75 Å². The van der Waals surface area contributed by atoms with Crippen LogP contribution in [0.25, 0.3) is 0 Å². The van der Waals surface area contributed by atoms with E-state index in [9.17, 15) is 9.59 Å². The van der Waals surface area contributed by atoms with E-state index in [0.717, 1.165) is 42.9 Å². The molecule has 0 bridgehead atoms. The molecule has 0 spiro atoms. The molecular formula is C24H31N3O2S. The summed E-state index contributed by atoms with van der Waals surface area (Å²) in [5.74, 6) is 1.11. The maximum Gasteiger partial charge on any atom is 0.251 e. The van der Waals surface area contributed by atoms with E-state index in [1.165, 1.54) is 25.9 Å². The first kappa shape index (κ1) is 22.4. The van der Waals surface area contributed by atoms with Gasteiger partial charge < -0.3 is 15.5 Å². The first-order chi connectivity index (χ1) is 14.7. The summed E-state index contributed by atoms with van der Waals surface area (Å²) in [5.41, 5.74) is 2.61. The summed E-state index contributed by atoms with van der Waals surface area (Å²) in [6.45, 7) is 4.33. The Bertz CT molecular complexity index is 790. The molecule has 0 aromatic heterocycles. The summed E-state index contributed by atoms with van der Waals surface area (Å²) in [6, 6.07) is 17.1. The van der Waals surface area contributed by atoms with Crippen molar-refractivity contribution in [3.8, 4) is 0 Å². The number of hydrogen-bond acceptors (Lipinski definition) is 4. The van der Waals surface area contributed by atoms with Gasteiger partial charge in [0.1, 0.15) is 0 Å². The molecule has 2 aromatic rings. The lowest BCUT2D eigenvalue weighted by Crippen LogP contribution is -2.26. The standard InChI is InChI=1S/C24H31N3O2S/c28-23(26-22-8-2-1-3-9-22)19-30-18-20-10-12-21(13-11-20)24(29)25-14-4-5-15-27-16-6-7-17-27/h1-3,8-13H,4-7,14-19H2,(H,25,29)(H,26,28). The van der Waals surface area contributed by atoms with Crippen molar-refractivity contribution in [2.75, 3.05) is 37.2 Å². The summed E-state index contributed by atoms with van der Waals surface area (Å²) in [7, 11) is 0. The third kappa shape index (κ3) is 7.84. The van der Waals surface area contributed by atoms with E-state index in [4.69, 9.17) is 0 Å². The van der Waals surface area contributed by atoms with Crippen molar-refractivity contribution in [2.45, 2.75) is 31.4 Å². The molecule has 1 aliphatic heterocycles. The molecule has 1 fully saturated rings. The van der Waals surface area contributed by atoms with Crippen molar-refractivity contribution >= 4 is 29.3 Å². The minimum atomic E-state index is -0.0161. The predicted molar refractivity (Wildman–Crippen MR) is 125 cm³/mol. The van der Waals surface area contributed by atoms with Gasteiger partial charge in [-0.3, -0.25) is 9.59 Å². The van der Waals surface area contributed by atoms with E-state index in [1.54, 1.807) is 11.8 Å². The largest absolute Gasteiger partial charge is 0.352 e. The Balaban J connectivity index is 1.29. The lowest BCUT2D eigenvalue weighted by molar-refractivity contribution is -0.113. The number of hydrogen-bond donors (Lipinski definition) is 2. The number of carbonyl (C=O) groups is 2. The van der Waals surface area contributed by atoms with Crippen LogP contribution in [-0.2, 0) is 10.5 Å². The van der Waals surface area contributed by atoms with Crippen molar-refractivity contribution in [2.24, 2.45) is 0 Å². The van der Waals surface area contributed by atoms with E-state index in [1.807, 2.05) is 54.6 Å². The number of anilines is 1. The third-order valence-electron chi connectivity index (χ3n) is 5.16. The number of unbranched alkanes of at least 4 members (excludes halogenated alkanes) is 1. The van der Waals surface area contributed by atoms with Crippen molar-refractivity contribution in [3.63, 3.8) is 0 Å². The van der Waals surface area contributed by atoms with Gasteiger partial charge in [-0.1, -0.05) is 30.3 Å². The fourth-order valence-electron chi connectivity index (χ4n) is 3.50. The molecule has 5 nitrogen and oxygen atoms in total. The molecule has 6 heteroatoms. The van der Waals surface area contributed by atoms with Gasteiger partial charge in [0.15, 0.2) is 0 Å². The topological polar surface area (TPSA) is 61.4 Å². The summed E-state index contributed by atoms with van der Waals surface area (Å²) in [6.07, 6.45) is 4.80. The Kier molecular flexibility index (Phi) is 9.25. The van der Waals surface area contributed by atoms with Crippen LogP contribution in [0.4, 0.5) is 5.69 Å². The average Bonchev–Trinajstić information content (AvgIpc) is 3.28. The van der Waals surface area contributed by atoms with Gasteiger partial charge in [0.2, 0.25) is 5.91 Å². The van der Waals surface area contributed by atoms with E-state index < -0.39 is 0 Å². The van der Waals surface area contributed by atoms with E-state index in [0.29, 0.717) is 11.3 Å². The maximum absolute atomic E-state index is 12.3. The van der Waals surface area contributed by atoms with E-state index >= 15 is 0 Å². The molecule has 0 aliphatic carbocycles. The lowest BCUT2D eigenvalue weighted by atomic mass is 10.1. The van der Waals surface area contributed by atoms with Crippen LogP contribution in [0, 0.1) is 0 Å². The lowest BCUT2D eigenvalue weighted by Gasteiger charge is -2.14. The highest BCUT2D eigenvalue weighted by Crippen LogP contribution is 2.14.